The Morgan fingerprint density at radius 2 is 1.42 bits per heavy atom. The van der Waals surface area contributed by atoms with E-state index >= 15 is 0 Å². The van der Waals surface area contributed by atoms with Crippen LogP contribution in [0, 0.1) is 6.92 Å². The molecule has 0 spiro atoms. The van der Waals surface area contributed by atoms with E-state index in [1.807, 2.05) is 31.2 Å². The first-order chi connectivity index (χ1) is 12.6. The van der Waals surface area contributed by atoms with Crippen LogP contribution in [-0.2, 0) is 0 Å². The molecule has 0 aliphatic carbocycles. The van der Waals surface area contributed by atoms with Crippen molar-refractivity contribution < 1.29 is 14.4 Å². The van der Waals surface area contributed by atoms with Gasteiger partial charge in [0, 0.05) is 31.9 Å². The summed E-state index contributed by atoms with van der Waals surface area (Å²) in [7, 11) is 0. The van der Waals surface area contributed by atoms with Gasteiger partial charge >= 0.3 is 6.03 Å². The summed E-state index contributed by atoms with van der Waals surface area (Å²) >= 11 is 0. The third-order valence-electron chi connectivity index (χ3n) is 4.97. The number of amides is 4. The molecule has 0 unspecified atom stereocenters. The molecule has 26 heavy (non-hydrogen) atoms. The van der Waals surface area contributed by atoms with E-state index in [0.29, 0.717) is 30.8 Å². The molecule has 2 aliphatic heterocycles. The summed E-state index contributed by atoms with van der Waals surface area (Å²) in [6.45, 7) is 3.71. The van der Waals surface area contributed by atoms with Gasteiger partial charge < -0.3 is 4.90 Å². The zero-order chi connectivity index (χ0) is 18.3. The van der Waals surface area contributed by atoms with Gasteiger partial charge in [0.05, 0.1) is 11.1 Å². The van der Waals surface area contributed by atoms with Gasteiger partial charge in [-0.25, -0.2) is 4.79 Å². The molecule has 0 bridgehead atoms. The van der Waals surface area contributed by atoms with Gasteiger partial charge in [0.15, 0.2) is 0 Å². The van der Waals surface area contributed by atoms with Gasteiger partial charge in [-0.15, -0.1) is 0 Å². The van der Waals surface area contributed by atoms with Crippen molar-refractivity contribution in [1.82, 2.24) is 9.80 Å². The topological polar surface area (TPSA) is 60.9 Å². The molecule has 1 saturated heterocycles. The van der Waals surface area contributed by atoms with E-state index in [4.69, 9.17) is 0 Å². The first kappa shape index (κ1) is 16.3. The van der Waals surface area contributed by atoms with Crippen molar-refractivity contribution in [3.63, 3.8) is 0 Å². The maximum absolute atomic E-state index is 12.7. The Bertz CT molecular complexity index is 874. The molecular weight excluding hydrogens is 330 g/mol. The second kappa shape index (κ2) is 6.29. The average Bonchev–Trinajstić information content (AvgIpc) is 3.13. The quantitative estimate of drug-likeness (QED) is 0.797. The number of hydrogen-bond acceptors (Lipinski definition) is 3. The molecule has 0 saturated carbocycles. The van der Waals surface area contributed by atoms with Crippen LogP contribution >= 0.6 is 0 Å². The van der Waals surface area contributed by atoms with Gasteiger partial charge in [0.25, 0.3) is 11.8 Å². The van der Waals surface area contributed by atoms with E-state index in [1.54, 1.807) is 34.1 Å². The third-order valence-corrected chi connectivity index (χ3v) is 4.97. The zero-order valence-electron chi connectivity index (χ0n) is 14.5. The molecule has 2 aromatic rings. The number of rotatable bonds is 4. The fraction of sp³-hybridized carbons (Fsp3) is 0.250. The SMILES string of the molecule is Cc1ccccc1N1CCN(CCN2C(=O)c3ccccc3C2=O)C1=O. The summed E-state index contributed by atoms with van der Waals surface area (Å²) in [4.78, 5) is 42.2. The number of carbonyl (C=O) groups is 3. The molecule has 0 atom stereocenters. The highest BCUT2D eigenvalue weighted by Crippen LogP contribution is 2.25. The van der Waals surface area contributed by atoms with Crippen molar-refractivity contribution in [2.45, 2.75) is 6.92 Å². The maximum Gasteiger partial charge on any atom is 0.324 e. The van der Waals surface area contributed by atoms with Crippen LogP contribution in [0.4, 0.5) is 10.5 Å². The lowest BCUT2D eigenvalue weighted by atomic mass is 10.1. The minimum atomic E-state index is -0.284. The van der Waals surface area contributed by atoms with E-state index in [9.17, 15) is 14.4 Å². The van der Waals surface area contributed by atoms with Crippen molar-refractivity contribution in [1.29, 1.82) is 0 Å². The summed E-state index contributed by atoms with van der Waals surface area (Å²) in [5.74, 6) is -0.569. The number of anilines is 1. The lowest BCUT2D eigenvalue weighted by Crippen LogP contribution is -2.40. The molecule has 0 radical (unpaired) electrons. The minimum Gasteiger partial charge on any atom is -0.321 e. The fourth-order valence-electron chi connectivity index (χ4n) is 3.54. The molecule has 0 aromatic heterocycles. The molecule has 2 heterocycles. The number of para-hydroxylation sites is 1. The van der Waals surface area contributed by atoms with Crippen LogP contribution in [-0.4, -0.2) is 53.8 Å². The molecular formula is C20H19N3O3. The summed E-state index contributed by atoms with van der Waals surface area (Å²) in [6.07, 6.45) is 0. The van der Waals surface area contributed by atoms with Crippen molar-refractivity contribution in [3.05, 3.63) is 65.2 Å². The summed E-state index contributed by atoms with van der Waals surface area (Å²) < 4.78 is 0. The van der Waals surface area contributed by atoms with Gasteiger partial charge in [0.2, 0.25) is 0 Å². The van der Waals surface area contributed by atoms with E-state index < -0.39 is 0 Å². The predicted octanol–water partition coefficient (Wildman–Crippen LogP) is 2.53. The monoisotopic (exact) mass is 349 g/mol. The highest BCUT2D eigenvalue weighted by Gasteiger charge is 2.36. The second-order valence-corrected chi connectivity index (χ2v) is 6.52. The zero-order valence-corrected chi connectivity index (χ0v) is 14.5. The summed E-state index contributed by atoms with van der Waals surface area (Å²) in [5.41, 5.74) is 2.82. The normalized spacial score (nSPS) is 16.7. The van der Waals surface area contributed by atoms with Crippen LogP contribution in [0.3, 0.4) is 0 Å². The van der Waals surface area contributed by atoms with Crippen molar-refractivity contribution in [2.24, 2.45) is 0 Å². The molecule has 1 fully saturated rings. The Labute approximate surface area is 151 Å². The molecule has 6 nitrogen and oxygen atoms in total. The first-order valence-electron chi connectivity index (χ1n) is 8.65. The summed E-state index contributed by atoms with van der Waals surface area (Å²) in [6, 6.07) is 14.5. The molecule has 2 aliphatic rings. The van der Waals surface area contributed by atoms with Crippen LogP contribution in [0.25, 0.3) is 0 Å². The van der Waals surface area contributed by atoms with Crippen LogP contribution in [0.5, 0.6) is 0 Å². The predicted molar refractivity (Wildman–Crippen MR) is 97.3 cm³/mol. The number of carbonyl (C=O) groups excluding carboxylic acids is 3. The smallest absolute Gasteiger partial charge is 0.321 e. The molecule has 4 amide bonds. The Morgan fingerprint density at radius 1 is 0.808 bits per heavy atom. The number of hydrogen-bond donors (Lipinski definition) is 0. The highest BCUT2D eigenvalue weighted by molar-refractivity contribution is 6.21. The van der Waals surface area contributed by atoms with Crippen molar-refractivity contribution >= 4 is 23.5 Å². The van der Waals surface area contributed by atoms with E-state index in [1.165, 1.54) is 4.90 Å². The van der Waals surface area contributed by atoms with Gasteiger partial charge in [-0.05, 0) is 30.7 Å². The van der Waals surface area contributed by atoms with Crippen LogP contribution in [0.15, 0.2) is 48.5 Å². The molecule has 132 valence electrons. The van der Waals surface area contributed by atoms with Crippen molar-refractivity contribution in [3.8, 4) is 0 Å². The van der Waals surface area contributed by atoms with Gasteiger partial charge in [0.1, 0.15) is 0 Å². The fourth-order valence-corrected chi connectivity index (χ4v) is 3.54. The Hall–Kier alpha value is -3.15. The number of aryl methyl sites for hydroxylation is 1. The third kappa shape index (κ3) is 2.54. The van der Waals surface area contributed by atoms with Gasteiger partial charge in [-0.2, -0.15) is 0 Å². The van der Waals surface area contributed by atoms with Crippen LogP contribution < -0.4 is 4.90 Å². The first-order valence-corrected chi connectivity index (χ1v) is 8.65. The standard InChI is InChI=1S/C20H19N3O3/c1-14-6-2-5-9-17(14)22-12-10-21(20(22)26)11-13-23-18(24)15-7-3-4-8-16(15)19(23)25/h2-9H,10-13H2,1H3. The van der Waals surface area contributed by atoms with E-state index in [0.717, 1.165) is 11.3 Å². The molecule has 4 rings (SSSR count). The Morgan fingerprint density at radius 3 is 2.08 bits per heavy atom. The van der Waals surface area contributed by atoms with E-state index in [-0.39, 0.29) is 24.4 Å². The maximum atomic E-state index is 12.7. The lowest BCUT2D eigenvalue weighted by Gasteiger charge is -2.22. The van der Waals surface area contributed by atoms with Gasteiger partial charge in [-0.1, -0.05) is 30.3 Å². The van der Waals surface area contributed by atoms with Gasteiger partial charge in [-0.3, -0.25) is 19.4 Å². The molecule has 0 N–H and O–H groups in total. The minimum absolute atomic E-state index is 0.0871. The van der Waals surface area contributed by atoms with Crippen LogP contribution in [0.2, 0.25) is 0 Å². The van der Waals surface area contributed by atoms with Crippen LogP contribution in [0.1, 0.15) is 26.3 Å². The Kier molecular flexibility index (Phi) is 3.95. The largest absolute Gasteiger partial charge is 0.324 e. The van der Waals surface area contributed by atoms with E-state index in [2.05, 4.69) is 0 Å². The number of imide groups is 1. The van der Waals surface area contributed by atoms with Crippen molar-refractivity contribution in [2.75, 3.05) is 31.1 Å². The number of fused-ring (bicyclic) bond motifs is 1. The summed E-state index contributed by atoms with van der Waals surface area (Å²) in [5, 5.41) is 0. The average molecular weight is 349 g/mol. The number of urea groups is 1. The lowest BCUT2D eigenvalue weighted by molar-refractivity contribution is 0.0644. The highest BCUT2D eigenvalue weighted by atomic mass is 16.2. The number of nitrogens with zero attached hydrogens (tertiary/aromatic N) is 3. The molecule has 2 aromatic carbocycles. The second-order valence-electron chi connectivity index (χ2n) is 6.52. The number of benzene rings is 2. The molecule has 6 heteroatoms. The Balaban J connectivity index is 1.44.